The highest BCUT2D eigenvalue weighted by molar-refractivity contribution is 8.26. The highest BCUT2D eigenvalue weighted by atomic mass is 32.2. The zero-order valence-electron chi connectivity index (χ0n) is 9.19. The minimum Gasteiger partial charge on any atom is -0.477 e. The summed E-state index contributed by atoms with van der Waals surface area (Å²) in [6, 6.07) is 0. The van der Waals surface area contributed by atoms with Crippen molar-refractivity contribution in [2.45, 2.75) is 6.18 Å². The van der Waals surface area contributed by atoms with E-state index in [1.54, 1.807) is 14.1 Å². The number of rotatable bonds is 3. The summed E-state index contributed by atoms with van der Waals surface area (Å²) in [4.78, 5) is 12.4. The van der Waals surface area contributed by atoms with Crippen LogP contribution in [0.2, 0.25) is 0 Å². The number of alkyl halides is 3. The van der Waals surface area contributed by atoms with Gasteiger partial charge in [-0.3, -0.25) is 0 Å². The van der Waals surface area contributed by atoms with Gasteiger partial charge in [-0.05, 0) is 16.9 Å². The number of allylic oxidation sites excluding steroid dienone is 2. The predicted octanol–water partition coefficient (Wildman–Crippen LogP) is 2.45. The normalized spacial score (nSPS) is 22.5. The molecule has 0 bridgehead atoms. The zero-order valence-corrected chi connectivity index (χ0v) is 10.1. The summed E-state index contributed by atoms with van der Waals surface area (Å²) in [5.74, 6) is -1.20. The van der Waals surface area contributed by atoms with Crippen LogP contribution in [0, 0.1) is 0 Å². The van der Waals surface area contributed by atoms with E-state index < -0.39 is 28.6 Å². The van der Waals surface area contributed by atoms with Crippen LogP contribution < -0.4 is 0 Å². The Labute approximate surface area is 99.3 Å². The van der Waals surface area contributed by atoms with Gasteiger partial charge >= 0.3 is 12.1 Å². The summed E-state index contributed by atoms with van der Waals surface area (Å²) in [6.07, 6.45) is -2.17. The summed E-state index contributed by atoms with van der Waals surface area (Å²) in [6.45, 7) is 0. The van der Waals surface area contributed by atoms with Crippen LogP contribution >= 0.6 is 10.9 Å². The molecule has 1 atom stereocenters. The maximum atomic E-state index is 12.4. The largest absolute Gasteiger partial charge is 0.477 e. The number of carbonyl (C=O) groups is 1. The van der Waals surface area contributed by atoms with E-state index in [0.717, 1.165) is 11.5 Å². The fourth-order valence-corrected chi connectivity index (χ4v) is 3.02. The van der Waals surface area contributed by atoms with E-state index in [1.807, 2.05) is 0 Å². The average Bonchev–Trinajstić information content (AvgIpc) is 2.60. The third-order valence-corrected chi connectivity index (χ3v) is 3.79. The molecule has 1 aliphatic rings. The van der Waals surface area contributed by atoms with Crippen LogP contribution in [0.4, 0.5) is 13.2 Å². The first-order valence-electron chi connectivity index (χ1n) is 4.59. The molecular formula is C10H12F3NO2S. The molecular weight excluding hydrogens is 255 g/mol. The number of nitrogens with zero attached hydrogens (tertiary/aromatic N) is 1. The Morgan fingerprint density at radius 1 is 1.47 bits per heavy atom. The van der Waals surface area contributed by atoms with Crippen LogP contribution in [0.15, 0.2) is 33.6 Å². The van der Waals surface area contributed by atoms with Gasteiger partial charge in [0.05, 0.1) is 10.5 Å². The number of carboxylic acids is 1. The summed E-state index contributed by atoms with van der Waals surface area (Å²) >= 11 is 0. The van der Waals surface area contributed by atoms with Gasteiger partial charge in [-0.1, -0.05) is 0 Å². The number of hydrogen-bond acceptors (Lipinski definition) is 2. The quantitative estimate of drug-likeness (QED) is 0.609. The lowest BCUT2D eigenvalue weighted by Crippen LogP contribution is -2.09. The Hall–Kier alpha value is -1.37. The van der Waals surface area contributed by atoms with Crippen molar-refractivity contribution < 1.29 is 23.1 Å². The predicted molar refractivity (Wildman–Crippen MR) is 61.7 cm³/mol. The van der Waals surface area contributed by atoms with Gasteiger partial charge < -0.3 is 10.0 Å². The minimum atomic E-state index is -4.42. The van der Waals surface area contributed by atoms with E-state index in [0.29, 0.717) is 0 Å². The van der Waals surface area contributed by atoms with Gasteiger partial charge in [0.2, 0.25) is 0 Å². The van der Waals surface area contributed by atoms with E-state index in [2.05, 4.69) is 0 Å². The van der Waals surface area contributed by atoms with Crippen LogP contribution in [0.25, 0.3) is 0 Å². The molecule has 1 unspecified atom stereocenters. The molecule has 0 aromatic carbocycles. The second kappa shape index (κ2) is 4.87. The fraction of sp³-hybridized carbons (Fsp3) is 0.300. The number of thiol groups is 1. The Morgan fingerprint density at radius 2 is 2.06 bits per heavy atom. The Bertz CT molecular complexity index is 410. The lowest BCUT2D eigenvalue weighted by molar-refractivity contribution is -0.131. The van der Waals surface area contributed by atoms with Crippen LogP contribution in [0.3, 0.4) is 0 Å². The van der Waals surface area contributed by atoms with Crippen molar-refractivity contribution in [1.29, 1.82) is 0 Å². The van der Waals surface area contributed by atoms with Gasteiger partial charge in [0.25, 0.3) is 0 Å². The molecule has 0 saturated heterocycles. The smallest absolute Gasteiger partial charge is 0.416 e. The molecule has 0 amide bonds. The van der Waals surface area contributed by atoms with Crippen molar-refractivity contribution in [2.75, 3.05) is 14.1 Å². The van der Waals surface area contributed by atoms with E-state index in [-0.39, 0.29) is 4.91 Å². The SMILES string of the molecule is CN(C)/C=C(\C(=O)O)[SH]1C=CC(C(F)(F)F)=C1. The molecule has 0 fully saturated rings. The highest BCUT2D eigenvalue weighted by Gasteiger charge is 2.35. The lowest BCUT2D eigenvalue weighted by Gasteiger charge is -2.14. The molecule has 0 aromatic rings. The average molecular weight is 267 g/mol. The Morgan fingerprint density at radius 3 is 2.41 bits per heavy atom. The first kappa shape index (κ1) is 13.7. The van der Waals surface area contributed by atoms with Crippen molar-refractivity contribution in [1.82, 2.24) is 4.90 Å². The lowest BCUT2D eigenvalue weighted by atomic mass is 10.3. The van der Waals surface area contributed by atoms with Gasteiger partial charge in [-0.2, -0.15) is 24.1 Å². The van der Waals surface area contributed by atoms with Crippen molar-refractivity contribution in [3.05, 3.63) is 33.6 Å². The molecule has 1 N–H and O–H groups in total. The molecule has 1 heterocycles. The molecule has 96 valence electrons. The van der Waals surface area contributed by atoms with Crippen molar-refractivity contribution in [3.8, 4) is 0 Å². The van der Waals surface area contributed by atoms with Gasteiger partial charge in [-0.15, -0.1) is 0 Å². The summed E-state index contributed by atoms with van der Waals surface area (Å²) in [7, 11) is 1.71. The third kappa shape index (κ3) is 3.55. The fourth-order valence-electron chi connectivity index (χ4n) is 1.19. The second-order valence-electron chi connectivity index (χ2n) is 3.59. The second-order valence-corrected chi connectivity index (χ2v) is 5.44. The van der Waals surface area contributed by atoms with Crippen molar-refractivity contribution in [3.63, 3.8) is 0 Å². The van der Waals surface area contributed by atoms with Crippen LogP contribution in [-0.2, 0) is 4.79 Å². The molecule has 0 saturated carbocycles. The standard InChI is InChI=1S/C10H12F3NO2S/c1-14(2)5-8(9(15)16)17-4-3-7(6-17)10(11,12)13/h3-6,17H,1-2H3,(H,15,16)/b8-5+. The zero-order chi connectivity index (χ0) is 13.2. The summed E-state index contributed by atoms with van der Waals surface area (Å²) < 4.78 is 37.1. The van der Waals surface area contributed by atoms with Crippen LogP contribution in [0.5, 0.6) is 0 Å². The van der Waals surface area contributed by atoms with Crippen molar-refractivity contribution in [2.24, 2.45) is 0 Å². The van der Waals surface area contributed by atoms with E-state index in [9.17, 15) is 18.0 Å². The topological polar surface area (TPSA) is 40.5 Å². The van der Waals surface area contributed by atoms with Gasteiger partial charge in [0.15, 0.2) is 0 Å². The van der Waals surface area contributed by atoms with Crippen molar-refractivity contribution >= 4 is 16.9 Å². The van der Waals surface area contributed by atoms with Crippen LogP contribution in [-0.4, -0.2) is 36.2 Å². The summed E-state index contributed by atoms with van der Waals surface area (Å²) in [5, 5.41) is 11.2. The number of hydrogen-bond donors (Lipinski definition) is 2. The number of aliphatic carboxylic acids is 1. The maximum absolute atomic E-state index is 12.4. The number of halogens is 3. The molecule has 1 rings (SSSR count). The molecule has 17 heavy (non-hydrogen) atoms. The Kier molecular flexibility index (Phi) is 3.92. The van der Waals surface area contributed by atoms with E-state index in [1.165, 1.54) is 16.5 Å². The van der Waals surface area contributed by atoms with Gasteiger partial charge in [-0.25, -0.2) is 4.79 Å². The van der Waals surface area contributed by atoms with Gasteiger partial charge in [0, 0.05) is 20.3 Å². The molecule has 0 aromatic heterocycles. The monoisotopic (exact) mass is 267 g/mol. The molecule has 0 spiro atoms. The Balaban J connectivity index is 3.00. The van der Waals surface area contributed by atoms with E-state index in [4.69, 9.17) is 5.11 Å². The van der Waals surface area contributed by atoms with Crippen LogP contribution in [0.1, 0.15) is 0 Å². The first-order chi connectivity index (χ1) is 7.71. The molecule has 1 aliphatic heterocycles. The first-order valence-corrected chi connectivity index (χ1v) is 6.07. The van der Waals surface area contributed by atoms with Gasteiger partial charge in [0.1, 0.15) is 0 Å². The minimum absolute atomic E-state index is 0.0273. The maximum Gasteiger partial charge on any atom is 0.416 e. The molecule has 3 nitrogen and oxygen atoms in total. The number of carboxylic acid groups (broad SMARTS) is 1. The molecule has 0 radical (unpaired) electrons. The molecule has 0 aliphatic carbocycles. The molecule has 7 heteroatoms. The highest BCUT2D eigenvalue weighted by Crippen LogP contribution is 2.47. The third-order valence-electron chi connectivity index (χ3n) is 1.90. The van der Waals surface area contributed by atoms with E-state index >= 15 is 0 Å². The summed E-state index contributed by atoms with van der Waals surface area (Å²) in [5.41, 5.74) is -0.783.